The van der Waals surface area contributed by atoms with Crippen LogP contribution in [0.1, 0.15) is 33.6 Å². The zero-order valence-electron chi connectivity index (χ0n) is 10.4. The van der Waals surface area contributed by atoms with E-state index in [0.717, 1.165) is 19.4 Å². The number of β-amino-alcohol motifs (C(OH)–C–C–N with tert-alkyl or cyclic N) is 1. The van der Waals surface area contributed by atoms with Gasteiger partial charge in [-0.25, -0.2) is 8.42 Å². The summed E-state index contributed by atoms with van der Waals surface area (Å²) in [4.78, 5) is 2.04. The summed E-state index contributed by atoms with van der Waals surface area (Å²) in [5.41, 5.74) is 0. The molecule has 1 fully saturated rings. The number of hydrogen-bond donors (Lipinski definition) is 1. The summed E-state index contributed by atoms with van der Waals surface area (Å²) < 4.78 is 23.1. The maximum absolute atomic E-state index is 11.9. The number of hydrogen-bond acceptors (Lipinski definition) is 4. The van der Waals surface area contributed by atoms with Crippen LogP contribution in [0.5, 0.6) is 0 Å². The van der Waals surface area contributed by atoms with Gasteiger partial charge in [-0.15, -0.1) is 0 Å². The molecule has 16 heavy (non-hydrogen) atoms. The van der Waals surface area contributed by atoms with Gasteiger partial charge in [0.05, 0.1) is 16.6 Å². The molecule has 0 bridgehead atoms. The highest BCUT2D eigenvalue weighted by Gasteiger charge is 2.29. The Morgan fingerprint density at radius 2 is 2.00 bits per heavy atom. The van der Waals surface area contributed by atoms with E-state index in [2.05, 4.69) is 0 Å². The second-order valence-corrected chi connectivity index (χ2v) is 8.39. The third-order valence-corrected chi connectivity index (χ3v) is 5.68. The first kappa shape index (κ1) is 13.9. The summed E-state index contributed by atoms with van der Waals surface area (Å²) >= 11 is 0. The van der Waals surface area contributed by atoms with Gasteiger partial charge in [-0.05, 0) is 40.2 Å². The molecule has 0 aromatic carbocycles. The van der Waals surface area contributed by atoms with Crippen molar-refractivity contribution in [2.24, 2.45) is 0 Å². The fourth-order valence-corrected chi connectivity index (χ4v) is 2.90. The molecule has 0 amide bonds. The average molecular weight is 249 g/mol. The van der Waals surface area contributed by atoms with E-state index < -0.39 is 14.6 Å². The van der Waals surface area contributed by atoms with Crippen molar-refractivity contribution < 1.29 is 13.5 Å². The molecule has 0 aromatic heterocycles. The molecule has 0 saturated carbocycles. The summed E-state index contributed by atoms with van der Waals surface area (Å²) in [6, 6.07) is 0. The van der Waals surface area contributed by atoms with Crippen LogP contribution in [0.15, 0.2) is 0 Å². The predicted molar refractivity (Wildman–Crippen MR) is 65.2 cm³/mol. The van der Waals surface area contributed by atoms with Crippen LogP contribution in [-0.2, 0) is 9.84 Å². The van der Waals surface area contributed by atoms with Crippen LogP contribution < -0.4 is 0 Å². The topological polar surface area (TPSA) is 57.6 Å². The highest BCUT2D eigenvalue weighted by Crippen LogP contribution is 2.17. The van der Waals surface area contributed by atoms with E-state index in [-0.39, 0.29) is 11.9 Å². The zero-order chi connectivity index (χ0) is 12.4. The van der Waals surface area contributed by atoms with Gasteiger partial charge in [-0.1, -0.05) is 0 Å². The van der Waals surface area contributed by atoms with Crippen molar-refractivity contribution in [2.45, 2.75) is 44.5 Å². The van der Waals surface area contributed by atoms with Crippen molar-refractivity contribution in [1.29, 1.82) is 0 Å². The largest absolute Gasteiger partial charge is 0.392 e. The molecule has 0 aromatic rings. The van der Waals surface area contributed by atoms with Gasteiger partial charge in [0.25, 0.3) is 0 Å². The van der Waals surface area contributed by atoms with Crippen LogP contribution in [0.4, 0.5) is 0 Å². The number of rotatable bonds is 3. The van der Waals surface area contributed by atoms with E-state index in [1.807, 2.05) is 4.90 Å². The average Bonchev–Trinajstić information content (AvgIpc) is 2.13. The van der Waals surface area contributed by atoms with Crippen LogP contribution in [-0.4, -0.2) is 54.7 Å². The SMILES string of the molecule is CC(C)(C)S(=O)(=O)CCN1CCC[C@H](O)C1. The van der Waals surface area contributed by atoms with Crippen molar-refractivity contribution >= 4 is 9.84 Å². The van der Waals surface area contributed by atoms with Gasteiger partial charge in [0.15, 0.2) is 9.84 Å². The standard InChI is InChI=1S/C11H23NO3S/c1-11(2,3)16(14,15)8-7-12-6-4-5-10(13)9-12/h10,13H,4-9H2,1-3H3/t10-/m0/s1. The minimum atomic E-state index is -3.04. The second kappa shape index (κ2) is 5.02. The van der Waals surface area contributed by atoms with Gasteiger partial charge in [-0.2, -0.15) is 0 Å². The van der Waals surface area contributed by atoms with Crippen LogP contribution in [0.25, 0.3) is 0 Å². The highest BCUT2D eigenvalue weighted by atomic mass is 32.2. The molecule has 1 saturated heterocycles. The lowest BCUT2D eigenvalue weighted by atomic mass is 10.1. The van der Waals surface area contributed by atoms with Crippen LogP contribution in [0.3, 0.4) is 0 Å². The van der Waals surface area contributed by atoms with Crippen molar-refractivity contribution in [2.75, 3.05) is 25.4 Å². The highest BCUT2D eigenvalue weighted by molar-refractivity contribution is 7.92. The maximum atomic E-state index is 11.9. The Morgan fingerprint density at radius 1 is 1.38 bits per heavy atom. The Kier molecular flexibility index (Phi) is 4.37. The number of nitrogens with zero attached hydrogens (tertiary/aromatic N) is 1. The smallest absolute Gasteiger partial charge is 0.156 e. The van der Waals surface area contributed by atoms with Crippen molar-refractivity contribution in [3.8, 4) is 0 Å². The molecule has 1 rings (SSSR count). The first-order chi connectivity index (χ1) is 7.22. The van der Waals surface area contributed by atoms with Crippen molar-refractivity contribution in [3.05, 3.63) is 0 Å². The Bertz CT molecular complexity index is 319. The summed E-state index contributed by atoms with van der Waals surface area (Å²) in [5.74, 6) is 0.184. The lowest BCUT2D eigenvalue weighted by molar-refractivity contribution is 0.0740. The quantitative estimate of drug-likeness (QED) is 0.798. The molecule has 1 atom stereocenters. The van der Waals surface area contributed by atoms with Crippen molar-refractivity contribution in [3.63, 3.8) is 0 Å². The molecular formula is C11H23NO3S. The number of piperidine rings is 1. The van der Waals surface area contributed by atoms with E-state index in [1.165, 1.54) is 0 Å². The fourth-order valence-electron chi connectivity index (χ4n) is 1.79. The number of aliphatic hydroxyl groups excluding tert-OH is 1. The number of sulfone groups is 1. The summed E-state index contributed by atoms with van der Waals surface area (Å²) in [5, 5.41) is 9.48. The first-order valence-corrected chi connectivity index (χ1v) is 7.50. The Hall–Kier alpha value is -0.130. The fraction of sp³-hybridized carbons (Fsp3) is 1.00. The molecule has 0 radical (unpaired) electrons. The predicted octanol–water partition coefficient (Wildman–Crippen LogP) is 0.656. The molecule has 0 aliphatic carbocycles. The van der Waals surface area contributed by atoms with Gasteiger partial charge in [0.2, 0.25) is 0 Å². The molecule has 0 spiro atoms. The molecule has 1 aliphatic rings. The summed E-state index contributed by atoms with van der Waals surface area (Å²) in [6.45, 7) is 7.24. The number of likely N-dealkylation sites (tertiary alicyclic amines) is 1. The molecule has 1 aliphatic heterocycles. The van der Waals surface area contributed by atoms with E-state index in [1.54, 1.807) is 20.8 Å². The second-order valence-electron chi connectivity index (χ2n) is 5.53. The lowest BCUT2D eigenvalue weighted by Crippen LogP contribution is -2.42. The third kappa shape index (κ3) is 3.71. The Morgan fingerprint density at radius 3 is 2.50 bits per heavy atom. The Labute approximate surface area is 98.6 Å². The minimum Gasteiger partial charge on any atom is -0.392 e. The molecule has 4 nitrogen and oxygen atoms in total. The van der Waals surface area contributed by atoms with Crippen LogP contribution in [0.2, 0.25) is 0 Å². The van der Waals surface area contributed by atoms with Gasteiger partial charge in [0.1, 0.15) is 0 Å². The summed E-state index contributed by atoms with van der Waals surface area (Å²) in [7, 11) is -3.04. The van der Waals surface area contributed by atoms with E-state index in [9.17, 15) is 13.5 Å². The summed E-state index contributed by atoms with van der Waals surface area (Å²) in [6.07, 6.45) is 1.50. The normalized spacial score (nSPS) is 24.6. The maximum Gasteiger partial charge on any atom is 0.156 e. The van der Waals surface area contributed by atoms with Gasteiger partial charge in [0, 0.05) is 13.1 Å². The van der Waals surface area contributed by atoms with E-state index >= 15 is 0 Å². The third-order valence-electron chi connectivity index (χ3n) is 3.09. The van der Waals surface area contributed by atoms with Crippen molar-refractivity contribution in [1.82, 2.24) is 4.90 Å². The Balaban J connectivity index is 2.46. The van der Waals surface area contributed by atoms with Crippen LogP contribution >= 0.6 is 0 Å². The first-order valence-electron chi connectivity index (χ1n) is 5.85. The zero-order valence-corrected chi connectivity index (χ0v) is 11.3. The lowest BCUT2D eigenvalue weighted by Gasteiger charge is -2.30. The molecule has 1 N–H and O–H groups in total. The molecule has 96 valence electrons. The molecule has 0 unspecified atom stereocenters. The van der Waals surface area contributed by atoms with Gasteiger partial charge < -0.3 is 5.11 Å². The number of aliphatic hydroxyl groups is 1. The molecular weight excluding hydrogens is 226 g/mol. The van der Waals surface area contributed by atoms with E-state index in [0.29, 0.717) is 13.1 Å². The van der Waals surface area contributed by atoms with Gasteiger partial charge in [-0.3, -0.25) is 4.90 Å². The molecule has 5 heteroatoms. The minimum absolute atomic E-state index is 0.184. The monoisotopic (exact) mass is 249 g/mol. The van der Waals surface area contributed by atoms with Gasteiger partial charge >= 0.3 is 0 Å². The van der Waals surface area contributed by atoms with E-state index in [4.69, 9.17) is 0 Å². The van der Waals surface area contributed by atoms with Crippen LogP contribution in [0, 0.1) is 0 Å². The molecule has 1 heterocycles.